The number of ether oxygens (including phenoxy) is 1. The van der Waals surface area contributed by atoms with E-state index in [4.69, 9.17) is 4.52 Å². The van der Waals surface area contributed by atoms with E-state index in [1.54, 1.807) is 24.3 Å². The molecule has 2 aromatic rings. The molecule has 17 heavy (non-hydrogen) atoms. The summed E-state index contributed by atoms with van der Waals surface area (Å²) < 4.78 is 9.27. The van der Waals surface area contributed by atoms with Gasteiger partial charge >= 0.3 is 5.97 Å². The maximum atomic E-state index is 11.4. The summed E-state index contributed by atoms with van der Waals surface area (Å²) in [7, 11) is 1.26. The number of benzene rings is 1. The minimum absolute atomic E-state index is 0.129. The van der Waals surface area contributed by atoms with E-state index in [-0.39, 0.29) is 11.3 Å². The number of aliphatic hydroxyl groups excluding tert-OH is 1. The molecule has 0 aliphatic rings. The van der Waals surface area contributed by atoms with Gasteiger partial charge in [0.05, 0.1) is 7.11 Å². The molecule has 0 aliphatic carbocycles. The molecule has 1 atom stereocenters. The van der Waals surface area contributed by atoms with Crippen LogP contribution in [0.5, 0.6) is 0 Å². The first-order valence-electron chi connectivity index (χ1n) is 4.99. The number of esters is 1. The Labute approximate surface area is 97.6 Å². The molecule has 5 nitrogen and oxygen atoms in total. The number of hydrogen-bond acceptors (Lipinski definition) is 5. The number of hydrogen-bond donors (Lipinski definition) is 1. The highest BCUT2D eigenvalue weighted by molar-refractivity contribution is 5.90. The number of methoxy groups -OCH3 is 1. The smallest absolute Gasteiger partial charge is 0.343 e. The number of aromatic nitrogens is 1. The Morgan fingerprint density at radius 1 is 1.41 bits per heavy atom. The third kappa shape index (κ3) is 2.19. The van der Waals surface area contributed by atoms with Crippen molar-refractivity contribution in [1.29, 1.82) is 0 Å². The molecule has 1 N–H and O–H groups in total. The second-order valence-corrected chi connectivity index (χ2v) is 3.42. The zero-order valence-electron chi connectivity index (χ0n) is 9.16. The molecular weight excluding hydrogens is 222 g/mol. The van der Waals surface area contributed by atoms with Gasteiger partial charge in [0.15, 0.2) is 0 Å². The molecule has 1 heterocycles. The zero-order valence-corrected chi connectivity index (χ0v) is 9.16. The van der Waals surface area contributed by atoms with Gasteiger partial charge in [0.1, 0.15) is 23.6 Å². The van der Waals surface area contributed by atoms with Crippen molar-refractivity contribution in [3.63, 3.8) is 0 Å². The van der Waals surface area contributed by atoms with Crippen LogP contribution < -0.4 is 0 Å². The Balaban J connectivity index is 2.35. The molecule has 0 saturated carbocycles. The van der Waals surface area contributed by atoms with E-state index in [2.05, 4.69) is 9.89 Å². The number of carbonyl (C=O) groups is 1. The first-order valence-corrected chi connectivity index (χ1v) is 4.99. The van der Waals surface area contributed by atoms with Crippen LogP contribution in [0.4, 0.5) is 0 Å². The topological polar surface area (TPSA) is 72.6 Å². The lowest BCUT2D eigenvalue weighted by atomic mass is 10.0. The van der Waals surface area contributed by atoms with Crippen molar-refractivity contribution >= 4 is 5.97 Å². The van der Waals surface area contributed by atoms with Crippen LogP contribution in [0.25, 0.3) is 0 Å². The Kier molecular flexibility index (Phi) is 3.20. The van der Waals surface area contributed by atoms with Gasteiger partial charge in [-0.2, -0.15) is 0 Å². The minimum Gasteiger partial charge on any atom is -0.465 e. The van der Waals surface area contributed by atoms with Crippen LogP contribution in [-0.2, 0) is 4.74 Å². The fraction of sp³-hybridized carbons (Fsp3) is 0.167. The van der Waals surface area contributed by atoms with Gasteiger partial charge in [0, 0.05) is 0 Å². The number of nitrogens with zero attached hydrogens (tertiary/aromatic N) is 1. The van der Waals surface area contributed by atoms with Gasteiger partial charge in [-0.3, -0.25) is 0 Å². The first kappa shape index (κ1) is 11.3. The van der Waals surface area contributed by atoms with Gasteiger partial charge in [-0.05, 0) is 5.56 Å². The van der Waals surface area contributed by atoms with Crippen LogP contribution in [0.2, 0.25) is 0 Å². The molecule has 0 saturated heterocycles. The lowest BCUT2D eigenvalue weighted by molar-refractivity contribution is 0.0595. The Morgan fingerprint density at radius 2 is 2.12 bits per heavy atom. The van der Waals surface area contributed by atoms with Crippen molar-refractivity contribution in [2.45, 2.75) is 6.10 Å². The standard InChI is InChI=1S/C12H11NO4/c1-16-12(15)9-7-17-13-10(9)11(14)8-5-3-2-4-6-8/h2-7,11,14H,1H3/t11-/m0/s1. The fourth-order valence-electron chi connectivity index (χ4n) is 1.50. The third-order valence-corrected chi connectivity index (χ3v) is 2.38. The van der Waals surface area contributed by atoms with E-state index in [1.807, 2.05) is 6.07 Å². The largest absolute Gasteiger partial charge is 0.465 e. The quantitative estimate of drug-likeness (QED) is 0.814. The van der Waals surface area contributed by atoms with Gasteiger partial charge < -0.3 is 14.4 Å². The Morgan fingerprint density at radius 3 is 2.76 bits per heavy atom. The summed E-state index contributed by atoms with van der Waals surface area (Å²) >= 11 is 0. The van der Waals surface area contributed by atoms with Gasteiger partial charge in [-0.1, -0.05) is 35.5 Å². The summed E-state index contributed by atoms with van der Waals surface area (Å²) in [5, 5.41) is 13.7. The number of carbonyl (C=O) groups excluding carboxylic acids is 1. The lowest BCUT2D eigenvalue weighted by Crippen LogP contribution is -2.08. The minimum atomic E-state index is -1.01. The monoisotopic (exact) mass is 233 g/mol. The van der Waals surface area contributed by atoms with Gasteiger partial charge in [0.25, 0.3) is 0 Å². The highest BCUT2D eigenvalue weighted by Gasteiger charge is 2.23. The molecule has 0 amide bonds. The van der Waals surface area contributed by atoms with Crippen LogP contribution >= 0.6 is 0 Å². The highest BCUT2D eigenvalue weighted by atomic mass is 16.5. The van der Waals surface area contributed by atoms with E-state index in [0.717, 1.165) is 6.26 Å². The number of aliphatic hydroxyl groups is 1. The van der Waals surface area contributed by atoms with Gasteiger partial charge in [0.2, 0.25) is 0 Å². The Bertz CT molecular complexity index is 506. The molecular formula is C12H11NO4. The average molecular weight is 233 g/mol. The number of rotatable bonds is 3. The molecule has 0 unspecified atom stereocenters. The zero-order chi connectivity index (χ0) is 12.3. The van der Waals surface area contributed by atoms with Gasteiger partial charge in [-0.25, -0.2) is 4.79 Å². The third-order valence-electron chi connectivity index (χ3n) is 2.38. The van der Waals surface area contributed by atoms with Crippen molar-refractivity contribution in [3.8, 4) is 0 Å². The molecule has 0 spiro atoms. The van der Waals surface area contributed by atoms with Crippen molar-refractivity contribution in [2.75, 3.05) is 7.11 Å². The maximum Gasteiger partial charge on any atom is 0.343 e. The second kappa shape index (κ2) is 4.80. The summed E-state index contributed by atoms with van der Waals surface area (Å²) in [6.07, 6.45) is 0.150. The van der Waals surface area contributed by atoms with Crippen LogP contribution in [0.1, 0.15) is 27.7 Å². The highest BCUT2D eigenvalue weighted by Crippen LogP contribution is 2.23. The van der Waals surface area contributed by atoms with Crippen molar-refractivity contribution in [1.82, 2.24) is 5.16 Å². The predicted molar refractivity (Wildman–Crippen MR) is 58.3 cm³/mol. The second-order valence-electron chi connectivity index (χ2n) is 3.42. The molecule has 0 fully saturated rings. The lowest BCUT2D eigenvalue weighted by Gasteiger charge is -2.08. The first-order chi connectivity index (χ1) is 8.24. The van der Waals surface area contributed by atoms with Crippen LogP contribution in [0, 0.1) is 0 Å². The predicted octanol–water partition coefficient (Wildman–Crippen LogP) is 1.54. The van der Waals surface area contributed by atoms with Crippen LogP contribution in [0.3, 0.4) is 0 Å². The maximum absolute atomic E-state index is 11.4. The summed E-state index contributed by atoms with van der Waals surface area (Å²) in [5.74, 6) is -0.587. The average Bonchev–Trinajstić information content (AvgIpc) is 2.87. The van der Waals surface area contributed by atoms with E-state index >= 15 is 0 Å². The fourth-order valence-corrected chi connectivity index (χ4v) is 1.50. The van der Waals surface area contributed by atoms with E-state index < -0.39 is 12.1 Å². The molecule has 2 rings (SSSR count). The molecule has 0 aliphatic heterocycles. The molecule has 1 aromatic heterocycles. The van der Waals surface area contributed by atoms with Crippen LogP contribution in [0.15, 0.2) is 41.1 Å². The summed E-state index contributed by atoms with van der Waals surface area (Å²) in [4.78, 5) is 11.4. The van der Waals surface area contributed by atoms with Crippen molar-refractivity contribution in [3.05, 3.63) is 53.4 Å². The molecule has 88 valence electrons. The van der Waals surface area contributed by atoms with Crippen molar-refractivity contribution in [2.24, 2.45) is 0 Å². The molecule has 0 bridgehead atoms. The summed E-state index contributed by atoms with van der Waals surface area (Å²) in [5.41, 5.74) is 0.915. The van der Waals surface area contributed by atoms with Crippen molar-refractivity contribution < 1.29 is 19.2 Å². The van der Waals surface area contributed by atoms with E-state index in [0.29, 0.717) is 5.56 Å². The molecule has 5 heteroatoms. The Hall–Kier alpha value is -2.14. The molecule has 1 aromatic carbocycles. The van der Waals surface area contributed by atoms with Gasteiger partial charge in [-0.15, -0.1) is 0 Å². The SMILES string of the molecule is COC(=O)c1conc1[C@@H](O)c1ccccc1. The van der Waals surface area contributed by atoms with Crippen LogP contribution in [-0.4, -0.2) is 23.3 Å². The normalized spacial score (nSPS) is 12.1. The van der Waals surface area contributed by atoms with E-state index in [1.165, 1.54) is 7.11 Å². The summed E-state index contributed by atoms with van der Waals surface area (Å²) in [6, 6.07) is 8.88. The van der Waals surface area contributed by atoms with E-state index in [9.17, 15) is 9.90 Å². The molecule has 0 radical (unpaired) electrons. The summed E-state index contributed by atoms with van der Waals surface area (Å²) in [6.45, 7) is 0.